The maximum atomic E-state index is 12.4. The van der Waals surface area contributed by atoms with Gasteiger partial charge < -0.3 is 4.74 Å². The van der Waals surface area contributed by atoms with Gasteiger partial charge >= 0.3 is 0 Å². The number of hydrogen-bond acceptors (Lipinski definition) is 5. The predicted octanol–water partition coefficient (Wildman–Crippen LogP) is 2.73. The van der Waals surface area contributed by atoms with E-state index < -0.39 is 5.91 Å². The summed E-state index contributed by atoms with van der Waals surface area (Å²) in [6.45, 7) is 3.90. The second-order valence-corrected chi connectivity index (χ2v) is 6.64. The van der Waals surface area contributed by atoms with E-state index in [1.54, 1.807) is 6.07 Å². The lowest BCUT2D eigenvalue weighted by atomic mass is 10.2. The number of aryl methyl sites for hydroxylation is 2. The third-order valence-electron chi connectivity index (χ3n) is 3.77. The van der Waals surface area contributed by atoms with E-state index in [9.17, 15) is 9.59 Å². The summed E-state index contributed by atoms with van der Waals surface area (Å²) in [5.41, 5.74) is 3.35. The lowest BCUT2D eigenvalue weighted by Gasteiger charge is -2.09. The summed E-state index contributed by atoms with van der Waals surface area (Å²) in [5, 5.41) is 0.515. The summed E-state index contributed by atoms with van der Waals surface area (Å²) >= 11 is 1.49. The Hall–Kier alpha value is -2.67. The van der Waals surface area contributed by atoms with Gasteiger partial charge in [0.05, 0.1) is 5.39 Å². The van der Waals surface area contributed by atoms with Gasteiger partial charge in [0.25, 0.3) is 11.5 Å². The van der Waals surface area contributed by atoms with E-state index in [1.807, 2.05) is 31.2 Å². The zero-order valence-corrected chi connectivity index (χ0v) is 14.9. The summed E-state index contributed by atoms with van der Waals surface area (Å²) < 4.78 is 6.59. The lowest BCUT2D eigenvalue weighted by Crippen LogP contribution is -2.35. The standard InChI is InChI=1S/C18H19N3O3S/c1-3-12-6-5-7-13(8-12)24-10-16(22)20-21-11-19-17-15(18(21)23)9-14(4-2)25-17/h5-9,11H,3-4,10H2,1-2H3,(H,20,22). The van der Waals surface area contributed by atoms with Gasteiger partial charge in [-0.2, -0.15) is 0 Å². The molecule has 0 aliphatic rings. The number of hydrogen-bond donors (Lipinski definition) is 1. The molecule has 0 saturated carbocycles. The molecule has 0 radical (unpaired) electrons. The van der Waals surface area contributed by atoms with Gasteiger partial charge in [-0.3, -0.25) is 15.0 Å². The number of carbonyl (C=O) groups is 1. The fraction of sp³-hybridized carbons (Fsp3) is 0.278. The zero-order valence-electron chi connectivity index (χ0n) is 14.1. The molecule has 0 aliphatic heterocycles. The van der Waals surface area contributed by atoms with Gasteiger partial charge in [0, 0.05) is 4.88 Å². The predicted molar refractivity (Wildman–Crippen MR) is 98.9 cm³/mol. The van der Waals surface area contributed by atoms with Crippen LogP contribution in [0.25, 0.3) is 10.2 Å². The molecule has 1 N–H and O–H groups in total. The van der Waals surface area contributed by atoms with Crippen molar-refractivity contribution in [1.82, 2.24) is 9.66 Å². The van der Waals surface area contributed by atoms with Crippen LogP contribution in [0.5, 0.6) is 5.75 Å². The van der Waals surface area contributed by atoms with Crippen LogP contribution in [0, 0.1) is 0 Å². The monoisotopic (exact) mass is 357 g/mol. The van der Waals surface area contributed by atoms with Crippen LogP contribution < -0.4 is 15.7 Å². The lowest BCUT2D eigenvalue weighted by molar-refractivity contribution is -0.119. The molecule has 25 heavy (non-hydrogen) atoms. The topological polar surface area (TPSA) is 73.2 Å². The van der Waals surface area contributed by atoms with E-state index in [-0.39, 0.29) is 12.2 Å². The second-order valence-electron chi connectivity index (χ2n) is 5.53. The van der Waals surface area contributed by atoms with Crippen LogP contribution in [0.1, 0.15) is 24.3 Å². The van der Waals surface area contributed by atoms with E-state index in [0.29, 0.717) is 16.0 Å². The van der Waals surface area contributed by atoms with E-state index >= 15 is 0 Å². The van der Waals surface area contributed by atoms with Crippen molar-refractivity contribution in [3.63, 3.8) is 0 Å². The minimum atomic E-state index is -0.420. The Balaban J connectivity index is 1.69. The molecule has 1 amide bonds. The van der Waals surface area contributed by atoms with Gasteiger partial charge in [0.15, 0.2) is 6.61 Å². The number of ether oxygens (including phenoxy) is 1. The molecule has 6 nitrogen and oxygen atoms in total. The molecule has 7 heteroatoms. The number of fused-ring (bicyclic) bond motifs is 1. The molecule has 0 bridgehead atoms. The summed E-state index contributed by atoms with van der Waals surface area (Å²) in [7, 11) is 0. The molecule has 1 aromatic carbocycles. The van der Waals surface area contributed by atoms with Crippen molar-refractivity contribution in [3.8, 4) is 5.75 Å². The van der Waals surface area contributed by atoms with Crippen LogP contribution in [0.3, 0.4) is 0 Å². The van der Waals surface area contributed by atoms with Crippen molar-refractivity contribution in [2.75, 3.05) is 12.0 Å². The van der Waals surface area contributed by atoms with Crippen LogP contribution in [0.4, 0.5) is 0 Å². The number of rotatable bonds is 6. The maximum Gasteiger partial charge on any atom is 0.280 e. The van der Waals surface area contributed by atoms with Crippen molar-refractivity contribution in [1.29, 1.82) is 0 Å². The summed E-state index contributed by atoms with van der Waals surface area (Å²) in [4.78, 5) is 30.5. The number of carbonyl (C=O) groups excluding carboxylic acids is 1. The number of nitrogens with zero attached hydrogens (tertiary/aromatic N) is 2. The number of amides is 1. The molecule has 0 spiro atoms. The molecule has 0 saturated heterocycles. The van der Waals surface area contributed by atoms with Gasteiger partial charge in [-0.1, -0.05) is 26.0 Å². The third-order valence-corrected chi connectivity index (χ3v) is 4.96. The average Bonchev–Trinajstić information content (AvgIpc) is 3.07. The highest BCUT2D eigenvalue weighted by molar-refractivity contribution is 7.18. The first-order chi connectivity index (χ1) is 12.1. The van der Waals surface area contributed by atoms with Gasteiger partial charge in [0.2, 0.25) is 0 Å². The fourth-order valence-electron chi connectivity index (χ4n) is 2.40. The largest absolute Gasteiger partial charge is 0.484 e. The fourth-order valence-corrected chi connectivity index (χ4v) is 3.32. The highest BCUT2D eigenvalue weighted by atomic mass is 32.1. The van der Waals surface area contributed by atoms with Crippen LogP contribution >= 0.6 is 11.3 Å². The highest BCUT2D eigenvalue weighted by Crippen LogP contribution is 2.20. The number of aromatic nitrogens is 2. The van der Waals surface area contributed by atoms with Crippen molar-refractivity contribution < 1.29 is 9.53 Å². The van der Waals surface area contributed by atoms with Gasteiger partial charge in [-0.15, -0.1) is 11.3 Å². The van der Waals surface area contributed by atoms with Gasteiger partial charge in [-0.25, -0.2) is 9.66 Å². The molecule has 0 aliphatic carbocycles. The third kappa shape index (κ3) is 3.88. The molecule has 3 aromatic rings. The van der Waals surface area contributed by atoms with Crippen molar-refractivity contribution in [2.24, 2.45) is 0 Å². The van der Waals surface area contributed by atoms with Crippen molar-refractivity contribution in [2.45, 2.75) is 26.7 Å². The molecular formula is C18H19N3O3S. The quantitative estimate of drug-likeness (QED) is 0.736. The zero-order chi connectivity index (χ0) is 17.8. The average molecular weight is 357 g/mol. The Labute approximate surface area is 149 Å². The van der Waals surface area contributed by atoms with Crippen LogP contribution in [0.15, 0.2) is 41.5 Å². The Bertz CT molecular complexity index is 962. The maximum absolute atomic E-state index is 12.4. The van der Waals surface area contributed by atoms with Crippen molar-refractivity contribution in [3.05, 3.63) is 57.5 Å². The van der Waals surface area contributed by atoms with E-state index in [4.69, 9.17) is 4.74 Å². The normalized spacial score (nSPS) is 10.8. The van der Waals surface area contributed by atoms with Gasteiger partial charge in [0.1, 0.15) is 16.9 Å². The molecule has 3 rings (SSSR count). The van der Waals surface area contributed by atoms with Crippen molar-refractivity contribution >= 4 is 27.5 Å². The first kappa shape index (κ1) is 17.2. The minimum Gasteiger partial charge on any atom is -0.484 e. The number of benzene rings is 1. The first-order valence-corrected chi connectivity index (χ1v) is 8.94. The Morgan fingerprint density at radius 1 is 1.28 bits per heavy atom. The Kier molecular flexibility index (Phi) is 5.14. The molecular weight excluding hydrogens is 338 g/mol. The molecule has 0 atom stereocenters. The Morgan fingerprint density at radius 3 is 2.88 bits per heavy atom. The van der Waals surface area contributed by atoms with Gasteiger partial charge in [-0.05, 0) is 36.6 Å². The number of thiophene rings is 1. The Morgan fingerprint density at radius 2 is 2.12 bits per heavy atom. The van der Waals surface area contributed by atoms with Crippen LogP contribution in [0.2, 0.25) is 0 Å². The first-order valence-electron chi connectivity index (χ1n) is 8.12. The molecule has 2 aromatic heterocycles. The van der Waals surface area contributed by atoms with Crippen LogP contribution in [-0.2, 0) is 17.6 Å². The van der Waals surface area contributed by atoms with Crippen LogP contribution in [-0.4, -0.2) is 22.2 Å². The molecule has 2 heterocycles. The summed E-state index contributed by atoms with van der Waals surface area (Å²) in [6.07, 6.45) is 3.07. The second kappa shape index (κ2) is 7.48. The molecule has 0 unspecified atom stereocenters. The smallest absolute Gasteiger partial charge is 0.280 e. The molecule has 130 valence electrons. The van der Waals surface area contributed by atoms with E-state index in [1.165, 1.54) is 17.7 Å². The molecule has 0 fully saturated rings. The minimum absolute atomic E-state index is 0.179. The number of nitrogens with one attached hydrogen (secondary N) is 1. The van der Waals surface area contributed by atoms with E-state index in [2.05, 4.69) is 17.3 Å². The van der Waals surface area contributed by atoms with E-state index in [0.717, 1.165) is 28.0 Å². The summed E-state index contributed by atoms with van der Waals surface area (Å²) in [6, 6.07) is 9.40. The highest BCUT2D eigenvalue weighted by Gasteiger charge is 2.10. The SMILES string of the molecule is CCc1cccc(OCC(=O)Nn2cnc3sc(CC)cc3c2=O)c1. The summed E-state index contributed by atoms with van der Waals surface area (Å²) in [5.74, 6) is 0.206.